The normalized spacial score (nSPS) is 12.9. The van der Waals surface area contributed by atoms with Crippen molar-refractivity contribution in [3.05, 3.63) is 12.2 Å². The molecule has 0 rings (SSSR count). The highest BCUT2D eigenvalue weighted by Crippen LogP contribution is 2.06. The first-order valence-electron chi connectivity index (χ1n) is 7.04. The molecule has 0 aliphatic carbocycles. The molecular formula is C15H25NO6. The van der Waals surface area contributed by atoms with Crippen LogP contribution in [0.1, 0.15) is 41.5 Å². The van der Waals surface area contributed by atoms with Crippen molar-refractivity contribution in [1.29, 1.82) is 0 Å². The number of hydrogen-bond acceptors (Lipinski definition) is 6. The van der Waals surface area contributed by atoms with Crippen LogP contribution < -0.4 is 5.32 Å². The third-order valence-corrected chi connectivity index (χ3v) is 1.95. The van der Waals surface area contributed by atoms with E-state index in [1.165, 1.54) is 0 Å². The van der Waals surface area contributed by atoms with Crippen molar-refractivity contribution in [2.75, 3.05) is 6.61 Å². The van der Waals surface area contributed by atoms with Crippen molar-refractivity contribution in [2.45, 2.75) is 59.3 Å². The van der Waals surface area contributed by atoms with Crippen LogP contribution in [-0.4, -0.2) is 42.4 Å². The second-order valence-electron chi connectivity index (χ2n) is 6.00. The van der Waals surface area contributed by atoms with E-state index in [1.807, 2.05) is 0 Å². The number of ether oxygens (including phenoxy) is 3. The molecule has 0 spiro atoms. The lowest BCUT2D eigenvalue weighted by Gasteiger charge is -2.21. The average molecular weight is 315 g/mol. The Kier molecular flexibility index (Phi) is 8.22. The Bertz CT molecular complexity index is 422. The van der Waals surface area contributed by atoms with Gasteiger partial charge >= 0.3 is 18.0 Å². The topological polar surface area (TPSA) is 90.9 Å². The third kappa shape index (κ3) is 11.7. The first-order chi connectivity index (χ1) is 9.99. The van der Waals surface area contributed by atoms with E-state index in [9.17, 15) is 14.4 Å². The number of esters is 2. The number of hydrogen-bond donors (Lipinski definition) is 1. The fourth-order valence-corrected chi connectivity index (χ4v) is 1.21. The molecule has 0 aliphatic heterocycles. The van der Waals surface area contributed by atoms with E-state index in [0.29, 0.717) is 0 Å². The number of rotatable bonds is 6. The second-order valence-corrected chi connectivity index (χ2v) is 6.00. The maximum atomic E-state index is 11.5. The molecule has 0 radical (unpaired) electrons. The summed E-state index contributed by atoms with van der Waals surface area (Å²) >= 11 is 0. The standard InChI is InChI=1S/C15H25NO6/c1-10(2)21-13(18)8-7-12(17)20-9-11(3)16-14(19)22-15(4,5)6/h7-8,10-11H,9H2,1-6H3,(H,16,19)/b8-7+/t11-/m0/s1. The zero-order valence-electron chi connectivity index (χ0n) is 14.0. The average Bonchev–Trinajstić information content (AvgIpc) is 2.30. The molecule has 22 heavy (non-hydrogen) atoms. The summed E-state index contributed by atoms with van der Waals surface area (Å²) in [6.45, 7) is 10.3. The third-order valence-electron chi connectivity index (χ3n) is 1.95. The molecule has 0 aromatic heterocycles. The number of alkyl carbamates (subject to hydrolysis) is 1. The summed E-state index contributed by atoms with van der Waals surface area (Å²) in [6.07, 6.45) is 1.12. The van der Waals surface area contributed by atoms with Crippen LogP contribution in [0.5, 0.6) is 0 Å². The second kappa shape index (κ2) is 9.07. The van der Waals surface area contributed by atoms with Crippen molar-refractivity contribution < 1.29 is 28.6 Å². The van der Waals surface area contributed by atoms with Crippen molar-refractivity contribution in [3.63, 3.8) is 0 Å². The van der Waals surface area contributed by atoms with Gasteiger partial charge in [0, 0.05) is 12.2 Å². The molecule has 0 bridgehead atoms. The molecule has 0 fully saturated rings. The molecule has 7 heteroatoms. The highest BCUT2D eigenvalue weighted by atomic mass is 16.6. The summed E-state index contributed by atoms with van der Waals surface area (Å²) in [4.78, 5) is 34.1. The largest absolute Gasteiger partial charge is 0.460 e. The van der Waals surface area contributed by atoms with Gasteiger partial charge in [0.1, 0.15) is 12.2 Å². The summed E-state index contributed by atoms with van der Waals surface area (Å²) in [5.74, 6) is -1.31. The predicted molar refractivity (Wildman–Crippen MR) is 80.2 cm³/mol. The molecule has 1 N–H and O–H groups in total. The highest BCUT2D eigenvalue weighted by Gasteiger charge is 2.18. The zero-order valence-corrected chi connectivity index (χ0v) is 14.0. The van der Waals surface area contributed by atoms with E-state index >= 15 is 0 Å². The van der Waals surface area contributed by atoms with Crippen LogP contribution in [0.15, 0.2) is 12.2 Å². The lowest BCUT2D eigenvalue weighted by Crippen LogP contribution is -2.40. The predicted octanol–water partition coefficient (Wildman–Crippen LogP) is 1.95. The molecule has 0 saturated heterocycles. The fourth-order valence-electron chi connectivity index (χ4n) is 1.21. The van der Waals surface area contributed by atoms with Crippen LogP contribution in [0.25, 0.3) is 0 Å². The van der Waals surface area contributed by atoms with Gasteiger partial charge in [0.05, 0.1) is 12.1 Å². The van der Waals surface area contributed by atoms with Crippen LogP contribution in [0.3, 0.4) is 0 Å². The first kappa shape index (κ1) is 19.9. The summed E-state index contributed by atoms with van der Waals surface area (Å²) in [5.41, 5.74) is -0.597. The van der Waals surface area contributed by atoms with Gasteiger partial charge in [-0.15, -0.1) is 0 Å². The minimum atomic E-state index is -0.696. The van der Waals surface area contributed by atoms with Gasteiger partial charge in [-0.25, -0.2) is 14.4 Å². The summed E-state index contributed by atoms with van der Waals surface area (Å²) in [6, 6.07) is -0.421. The van der Waals surface area contributed by atoms with E-state index in [4.69, 9.17) is 14.2 Å². The molecule has 1 atom stereocenters. The molecule has 0 aliphatic rings. The molecule has 7 nitrogen and oxygen atoms in total. The van der Waals surface area contributed by atoms with Gasteiger partial charge < -0.3 is 19.5 Å². The molecule has 0 saturated carbocycles. The lowest BCUT2D eigenvalue weighted by molar-refractivity contribution is -0.143. The Morgan fingerprint density at radius 3 is 2.09 bits per heavy atom. The van der Waals surface area contributed by atoms with Gasteiger partial charge in [-0.2, -0.15) is 0 Å². The molecule has 126 valence electrons. The Labute approximate surface area is 131 Å². The van der Waals surface area contributed by atoms with E-state index in [1.54, 1.807) is 41.5 Å². The van der Waals surface area contributed by atoms with Gasteiger partial charge in [0.25, 0.3) is 0 Å². The Morgan fingerprint density at radius 1 is 1.05 bits per heavy atom. The van der Waals surface area contributed by atoms with Gasteiger partial charge in [0.15, 0.2) is 0 Å². The van der Waals surface area contributed by atoms with Crippen molar-refractivity contribution in [3.8, 4) is 0 Å². The number of carbonyl (C=O) groups excluding carboxylic acids is 3. The molecule has 0 aromatic rings. The summed E-state index contributed by atoms with van der Waals surface area (Å²) in [7, 11) is 0. The molecular weight excluding hydrogens is 290 g/mol. The number of nitrogens with one attached hydrogen (secondary N) is 1. The summed E-state index contributed by atoms with van der Waals surface area (Å²) < 4.78 is 14.8. The Balaban J connectivity index is 4.07. The van der Waals surface area contributed by atoms with Crippen molar-refractivity contribution >= 4 is 18.0 Å². The number of carbonyl (C=O) groups is 3. The fraction of sp³-hybridized carbons (Fsp3) is 0.667. The lowest BCUT2D eigenvalue weighted by atomic mass is 10.2. The maximum Gasteiger partial charge on any atom is 0.407 e. The minimum absolute atomic E-state index is 0.0400. The molecule has 1 amide bonds. The molecule has 0 unspecified atom stereocenters. The zero-order chi connectivity index (χ0) is 17.3. The van der Waals surface area contributed by atoms with Crippen LogP contribution in [-0.2, 0) is 23.8 Å². The number of amides is 1. The quantitative estimate of drug-likeness (QED) is 0.458. The maximum absolute atomic E-state index is 11.5. The van der Waals surface area contributed by atoms with E-state index in [0.717, 1.165) is 12.2 Å². The van der Waals surface area contributed by atoms with Gasteiger partial charge in [0.2, 0.25) is 0 Å². The summed E-state index contributed by atoms with van der Waals surface area (Å²) in [5, 5.41) is 2.53. The Morgan fingerprint density at radius 2 is 1.59 bits per heavy atom. The van der Waals surface area contributed by atoms with E-state index < -0.39 is 29.7 Å². The smallest absolute Gasteiger partial charge is 0.407 e. The molecule has 0 aromatic carbocycles. The minimum Gasteiger partial charge on any atom is -0.460 e. The van der Waals surface area contributed by atoms with Gasteiger partial charge in [-0.05, 0) is 41.5 Å². The van der Waals surface area contributed by atoms with Crippen molar-refractivity contribution in [2.24, 2.45) is 0 Å². The van der Waals surface area contributed by atoms with Gasteiger partial charge in [-0.3, -0.25) is 0 Å². The SMILES string of the molecule is CC(C)OC(=O)/C=C/C(=O)OC[C@H](C)NC(=O)OC(C)(C)C. The van der Waals surface area contributed by atoms with Crippen molar-refractivity contribution in [1.82, 2.24) is 5.32 Å². The van der Waals surface area contributed by atoms with E-state index in [-0.39, 0.29) is 12.7 Å². The highest BCUT2D eigenvalue weighted by molar-refractivity contribution is 5.91. The van der Waals surface area contributed by atoms with Crippen LogP contribution in [0, 0.1) is 0 Å². The monoisotopic (exact) mass is 315 g/mol. The molecule has 0 heterocycles. The van der Waals surface area contributed by atoms with Crippen LogP contribution in [0.4, 0.5) is 4.79 Å². The van der Waals surface area contributed by atoms with Crippen LogP contribution in [0.2, 0.25) is 0 Å². The van der Waals surface area contributed by atoms with Crippen LogP contribution >= 0.6 is 0 Å². The van der Waals surface area contributed by atoms with E-state index in [2.05, 4.69) is 5.32 Å². The van der Waals surface area contributed by atoms with Gasteiger partial charge in [-0.1, -0.05) is 0 Å². The first-order valence-corrected chi connectivity index (χ1v) is 7.04. The Hall–Kier alpha value is -2.05.